The fourth-order valence-corrected chi connectivity index (χ4v) is 9.71. The molecule has 2 heterocycles. The van der Waals surface area contributed by atoms with Gasteiger partial charge >= 0.3 is 0 Å². The number of sulfone groups is 1. The second kappa shape index (κ2) is 14.3. The fourth-order valence-electron chi connectivity index (χ4n) is 6.38. The first-order valence-corrected chi connectivity index (χ1v) is 18.7. The summed E-state index contributed by atoms with van der Waals surface area (Å²) in [5.41, 5.74) is 7.90. The first-order valence-electron chi connectivity index (χ1n) is 15.0. The van der Waals surface area contributed by atoms with Gasteiger partial charge in [0.2, 0.25) is 15.9 Å². The van der Waals surface area contributed by atoms with Crippen LogP contribution < -0.4 is 16.4 Å². The Labute approximate surface area is 269 Å². The molecule has 2 fully saturated rings. The minimum atomic E-state index is -3.76. The second-order valence-corrected chi connectivity index (χ2v) is 16.3. The first-order chi connectivity index (χ1) is 21.5. The quantitative estimate of drug-likeness (QED) is 0.296. The van der Waals surface area contributed by atoms with Crippen LogP contribution in [-0.2, 0) is 31.1 Å². The highest BCUT2D eigenvalue weighted by atomic mass is 35.5. The molecule has 242 valence electrons. The lowest BCUT2D eigenvalue weighted by Crippen LogP contribution is -2.53. The van der Waals surface area contributed by atoms with Gasteiger partial charge < -0.3 is 16.4 Å². The molecule has 0 saturated carbocycles. The van der Waals surface area contributed by atoms with Crippen LogP contribution in [0, 0.1) is 11.7 Å². The molecule has 1 unspecified atom stereocenters. The SMILES string of the molecule is N[C@H](C(=O)Nc1cccc(F)c1CC[C@H]1CNCCN1S(=O)(=O)c1ccccc1)C(c1ccc(Cl)cc1)C1CCS(=O)(=O)CC1. The summed E-state index contributed by atoms with van der Waals surface area (Å²) >= 11 is 6.11. The number of nitrogens with one attached hydrogen (secondary N) is 2. The molecule has 0 spiro atoms. The molecule has 2 saturated heterocycles. The number of hydrogen-bond acceptors (Lipinski definition) is 7. The van der Waals surface area contributed by atoms with Crippen LogP contribution in [0.15, 0.2) is 77.7 Å². The van der Waals surface area contributed by atoms with Crippen LogP contribution >= 0.6 is 11.6 Å². The molecule has 9 nitrogen and oxygen atoms in total. The molecule has 3 aromatic rings. The van der Waals surface area contributed by atoms with E-state index in [9.17, 15) is 21.6 Å². The zero-order valence-electron chi connectivity index (χ0n) is 24.7. The minimum Gasteiger partial charge on any atom is -0.324 e. The topological polar surface area (TPSA) is 139 Å². The predicted molar refractivity (Wildman–Crippen MR) is 174 cm³/mol. The third-order valence-corrected chi connectivity index (χ3v) is 12.7. The van der Waals surface area contributed by atoms with Crippen molar-refractivity contribution in [2.45, 2.75) is 48.6 Å². The maximum absolute atomic E-state index is 15.3. The van der Waals surface area contributed by atoms with E-state index < -0.39 is 49.6 Å². The molecular weight excluding hydrogens is 639 g/mol. The highest BCUT2D eigenvalue weighted by molar-refractivity contribution is 7.91. The van der Waals surface area contributed by atoms with Gasteiger partial charge in [0.1, 0.15) is 15.7 Å². The molecule has 2 aliphatic heterocycles. The highest BCUT2D eigenvalue weighted by Gasteiger charge is 2.37. The summed E-state index contributed by atoms with van der Waals surface area (Å²) < 4.78 is 67.9. The number of carbonyl (C=O) groups excluding carboxylic acids is 1. The van der Waals surface area contributed by atoms with Gasteiger partial charge in [-0.15, -0.1) is 0 Å². The summed E-state index contributed by atoms with van der Waals surface area (Å²) in [5, 5.41) is 6.59. The lowest BCUT2D eigenvalue weighted by molar-refractivity contribution is -0.118. The summed E-state index contributed by atoms with van der Waals surface area (Å²) in [7, 11) is -6.89. The fraction of sp³-hybridized carbons (Fsp3) is 0.406. The number of benzene rings is 3. The Morgan fingerprint density at radius 2 is 1.73 bits per heavy atom. The van der Waals surface area contributed by atoms with E-state index in [1.54, 1.807) is 60.7 Å². The Bertz CT molecular complexity index is 1700. The van der Waals surface area contributed by atoms with E-state index in [0.29, 0.717) is 37.4 Å². The Kier molecular flexibility index (Phi) is 10.6. The standard InChI is InChI=1S/C32H38ClFN4O5S2/c33-24-11-9-22(10-12-24)30(23-15-19-44(40,41)20-16-23)31(35)32(39)37-29-8-4-7-28(34)27(29)14-13-25-21-36-17-18-38(25)45(42,43)26-5-2-1-3-6-26/h1-12,23,25,30-31,36H,13-21,35H2,(H,37,39)/t25-,30?,31-/m0/s1. The van der Waals surface area contributed by atoms with E-state index in [4.69, 9.17) is 17.3 Å². The van der Waals surface area contributed by atoms with Gasteiger partial charge in [-0.3, -0.25) is 4.79 Å². The zero-order valence-corrected chi connectivity index (χ0v) is 27.1. The number of amides is 1. The first kappa shape index (κ1) is 33.5. The number of sulfonamides is 1. The summed E-state index contributed by atoms with van der Waals surface area (Å²) in [6.45, 7) is 1.20. The van der Waals surface area contributed by atoms with E-state index in [2.05, 4.69) is 10.6 Å². The molecule has 5 rings (SSSR count). The van der Waals surface area contributed by atoms with E-state index in [0.717, 1.165) is 5.56 Å². The Morgan fingerprint density at radius 3 is 2.42 bits per heavy atom. The van der Waals surface area contributed by atoms with E-state index in [1.165, 1.54) is 16.4 Å². The maximum atomic E-state index is 15.3. The Morgan fingerprint density at radius 1 is 1.04 bits per heavy atom. The van der Waals surface area contributed by atoms with Crippen LogP contribution in [0.3, 0.4) is 0 Å². The third-order valence-electron chi connectivity index (χ3n) is 8.80. The number of anilines is 1. The minimum absolute atomic E-state index is 0.0250. The van der Waals surface area contributed by atoms with Gasteiger partial charge in [0.15, 0.2) is 0 Å². The molecule has 0 aromatic heterocycles. The van der Waals surface area contributed by atoms with Crippen molar-refractivity contribution in [1.82, 2.24) is 9.62 Å². The lowest BCUT2D eigenvalue weighted by atomic mass is 9.77. The molecule has 0 aliphatic carbocycles. The summed E-state index contributed by atoms with van der Waals surface area (Å²) in [5.74, 6) is -1.63. The molecule has 1 amide bonds. The number of carbonyl (C=O) groups is 1. The van der Waals surface area contributed by atoms with Crippen LogP contribution in [0.4, 0.5) is 10.1 Å². The molecule has 4 N–H and O–H groups in total. The number of piperazine rings is 1. The number of halogens is 2. The zero-order chi connectivity index (χ0) is 32.2. The van der Waals surface area contributed by atoms with Crippen LogP contribution in [0.25, 0.3) is 0 Å². The van der Waals surface area contributed by atoms with Crippen molar-refractivity contribution >= 4 is 43.1 Å². The van der Waals surface area contributed by atoms with Gasteiger partial charge in [-0.05, 0) is 73.6 Å². The molecule has 2 aliphatic rings. The van der Waals surface area contributed by atoms with Crippen LogP contribution in [-0.4, -0.2) is 70.3 Å². The average Bonchev–Trinajstić information content (AvgIpc) is 3.03. The number of nitrogens with zero attached hydrogens (tertiary/aromatic N) is 1. The van der Waals surface area contributed by atoms with Crippen LogP contribution in [0.2, 0.25) is 5.02 Å². The number of hydrogen-bond donors (Lipinski definition) is 3. The molecule has 13 heteroatoms. The van der Waals surface area contributed by atoms with E-state index in [-0.39, 0.29) is 46.5 Å². The molecule has 3 atom stereocenters. The van der Waals surface area contributed by atoms with Crippen molar-refractivity contribution in [3.8, 4) is 0 Å². The molecule has 3 aromatic carbocycles. The van der Waals surface area contributed by atoms with Crippen molar-refractivity contribution in [3.05, 3.63) is 94.8 Å². The summed E-state index contributed by atoms with van der Waals surface area (Å²) in [6.07, 6.45) is 1.24. The third kappa shape index (κ3) is 7.93. The van der Waals surface area contributed by atoms with Gasteiger partial charge in [-0.25, -0.2) is 21.2 Å². The summed E-state index contributed by atoms with van der Waals surface area (Å²) in [4.78, 5) is 13.9. The molecular formula is C32H38ClFN4O5S2. The predicted octanol–water partition coefficient (Wildman–Crippen LogP) is 3.95. The van der Waals surface area contributed by atoms with Crippen molar-refractivity contribution in [2.24, 2.45) is 11.7 Å². The Balaban J connectivity index is 1.34. The second-order valence-electron chi connectivity index (χ2n) is 11.7. The lowest BCUT2D eigenvalue weighted by Gasteiger charge is -2.35. The largest absolute Gasteiger partial charge is 0.324 e. The normalized spacial score (nSPS) is 20.7. The van der Waals surface area contributed by atoms with Crippen molar-refractivity contribution < 1.29 is 26.0 Å². The van der Waals surface area contributed by atoms with Crippen molar-refractivity contribution in [3.63, 3.8) is 0 Å². The Hall–Kier alpha value is -2.87. The number of rotatable bonds is 10. The van der Waals surface area contributed by atoms with E-state index >= 15 is 4.39 Å². The van der Waals surface area contributed by atoms with Gasteiger partial charge in [0, 0.05) is 47.9 Å². The van der Waals surface area contributed by atoms with Gasteiger partial charge in [0.25, 0.3) is 0 Å². The number of nitrogens with two attached hydrogens (primary N) is 1. The van der Waals surface area contributed by atoms with Crippen LogP contribution in [0.1, 0.15) is 36.3 Å². The summed E-state index contributed by atoms with van der Waals surface area (Å²) in [6, 6.07) is 18.2. The molecule has 0 bridgehead atoms. The maximum Gasteiger partial charge on any atom is 0.243 e. The molecule has 45 heavy (non-hydrogen) atoms. The van der Waals surface area contributed by atoms with Gasteiger partial charge in [-0.2, -0.15) is 4.31 Å². The van der Waals surface area contributed by atoms with E-state index in [1.807, 2.05) is 0 Å². The average molecular weight is 677 g/mol. The molecule has 0 radical (unpaired) electrons. The van der Waals surface area contributed by atoms with Crippen molar-refractivity contribution in [1.29, 1.82) is 0 Å². The van der Waals surface area contributed by atoms with Crippen molar-refractivity contribution in [2.75, 3.05) is 36.5 Å². The van der Waals surface area contributed by atoms with Crippen LogP contribution in [0.5, 0.6) is 0 Å². The smallest absolute Gasteiger partial charge is 0.243 e. The monoisotopic (exact) mass is 676 g/mol. The highest BCUT2D eigenvalue weighted by Crippen LogP contribution is 2.37. The van der Waals surface area contributed by atoms with Gasteiger partial charge in [-0.1, -0.05) is 48.0 Å². The van der Waals surface area contributed by atoms with Gasteiger partial charge in [0.05, 0.1) is 22.4 Å².